The Labute approximate surface area is 108 Å². The zero-order chi connectivity index (χ0) is 12.4. The molecule has 0 aliphatic carbocycles. The third-order valence-corrected chi connectivity index (χ3v) is 4.11. The second kappa shape index (κ2) is 5.28. The van der Waals surface area contributed by atoms with Crippen molar-refractivity contribution in [2.75, 3.05) is 44.8 Å². The number of ether oxygens (including phenoxy) is 1. The largest absolute Gasteiger partial charge is 0.385 e. The van der Waals surface area contributed by atoms with E-state index in [1.54, 1.807) is 7.11 Å². The highest BCUT2D eigenvalue weighted by atomic mass is 16.5. The molecule has 2 aliphatic heterocycles. The number of anilines is 1. The summed E-state index contributed by atoms with van der Waals surface area (Å²) in [4.78, 5) is 6.98. The van der Waals surface area contributed by atoms with Gasteiger partial charge in [0.25, 0.3) is 0 Å². The van der Waals surface area contributed by atoms with Crippen molar-refractivity contribution >= 4 is 5.95 Å². The van der Waals surface area contributed by atoms with Gasteiger partial charge in [-0.1, -0.05) is 0 Å². The average Bonchev–Trinajstić information content (AvgIpc) is 3.02. The molecule has 0 radical (unpaired) electrons. The van der Waals surface area contributed by atoms with Gasteiger partial charge in [0.15, 0.2) is 0 Å². The van der Waals surface area contributed by atoms with E-state index in [4.69, 9.17) is 4.74 Å². The summed E-state index contributed by atoms with van der Waals surface area (Å²) in [6.07, 6.45) is 5.04. The van der Waals surface area contributed by atoms with E-state index in [1.807, 2.05) is 6.20 Å². The van der Waals surface area contributed by atoms with Gasteiger partial charge in [0, 0.05) is 58.8 Å². The van der Waals surface area contributed by atoms with Crippen molar-refractivity contribution in [3.8, 4) is 0 Å². The van der Waals surface area contributed by atoms with Crippen molar-refractivity contribution < 1.29 is 4.74 Å². The van der Waals surface area contributed by atoms with Gasteiger partial charge in [-0.15, -0.1) is 0 Å². The van der Waals surface area contributed by atoms with Crippen LogP contribution in [0.5, 0.6) is 0 Å². The van der Waals surface area contributed by atoms with Gasteiger partial charge in [-0.05, 0) is 18.3 Å². The van der Waals surface area contributed by atoms with Crippen LogP contribution < -0.4 is 10.2 Å². The topological polar surface area (TPSA) is 42.3 Å². The number of aromatic nitrogens is 2. The molecule has 2 fully saturated rings. The number of methoxy groups -OCH3 is 1. The molecule has 3 rings (SSSR count). The van der Waals surface area contributed by atoms with E-state index < -0.39 is 0 Å². The Hall–Kier alpha value is -1.07. The van der Waals surface area contributed by atoms with Gasteiger partial charge >= 0.3 is 0 Å². The molecule has 5 nitrogen and oxygen atoms in total. The fourth-order valence-electron chi connectivity index (χ4n) is 3.16. The quantitative estimate of drug-likeness (QED) is 0.776. The lowest BCUT2D eigenvalue weighted by atomic mass is 10.0. The molecule has 0 saturated carbocycles. The first-order chi connectivity index (χ1) is 8.88. The molecule has 0 unspecified atom stereocenters. The maximum atomic E-state index is 5.11. The normalized spacial score (nSPS) is 26.8. The molecule has 2 aliphatic rings. The maximum Gasteiger partial charge on any atom is 0.205 e. The standard InChI is InChI=1S/C13H22N4O/c1-18-6-2-4-16-5-3-15-13(16)17-9-11-7-14-8-12(11)10-17/h3,5,11-12,14H,2,4,6-10H2,1H3/t11-,12+. The van der Waals surface area contributed by atoms with Gasteiger partial charge in [0.1, 0.15) is 0 Å². The van der Waals surface area contributed by atoms with Crippen LogP contribution in [-0.2, 0) is 11.3 Å². The summed E-state index contributed by atoms with van der Waals surface area (Å²) in [5.41, 5.74) is 0. The van der Waals surface area contributed by atoms with Crippen molar-refractivity contribution in [2.45, 2.75) is 13.0 Å². The lowest BCUT2D eigenvalue weighted by molar-refractivity contribution is 0.190. The average molecular weight is 250 g/mol. The monoisotopic (exact) mass is 250 g/mol. The van der Waals surface area contributed by atoms with E-state index >= 15 is 0 Å². The summed E-state index contributed by atoms with van der Waals surface area (Å²) in [6, 6.07) is 0. The van der Waals surface area contributed by atoms with Crippen molar-refractivity contribution in [3.05, 3.63) is 12.4 Å². The van der Waals surface area contributed by atoms with Crippen molar-refractivity contribution in [1.82, 2.24) is 14.9 Å². The van der Waals surface area contributed by atoms with Crippen LogP contribution in [0.1, 0.15) is 6.42 Å². The number of nitrogens with zero attached hydrogens (tertiary/aromatic N) is 3. The van der Waals surface area contributed by atoms with Crippen LogP contribution in [0.15, 0.2) is 12.4 Å². The number of imidazole rings is 1. The third-order valence-electron chi connectivity index (χ3n) is 4.11. The predicted molar refractivity (Wildman–Crippen MR) is 70.8 cm³/mol. The minimum atomic E-state index is 0.812. The van der Waals surface area contributed by atoms with E-state index in [0.717, 1.165) is 50.4 Å². The highest BCUT2D eigenvalue weighted by Gasteiger charge is 2.37. The summed E-state index contributed by atoms with van der Waals surface area (Å²) in [6.45, 7) is 6.45. The Balaban J connectivity index is 1.64. The molecule has 2 atom stereocenters. The van der Waals surface area contributed by atoms with Crippen LogP contribution in [0.4, 0.5) is 5.95 Å². The number of hydrogen-bond acceptors (Lipinski definition) is 4. The van der Waals surface area contributed by atoms with Crippen LogP contribution >= 0.6 is 0 Å². The molecule has 3 heterocycles. The third kappa shape index (κ3) is 2.24. The fraction of sp³-hybridized carbons (Fsp3) is 0.769. The van der Waals surface area contributed by atoms with Crippen molar-refractivity contribution in [1.29, 1.82) is 0 Å². The summed E-state index contributed by atoms with van der Waals surface area (Å²) in [7, 11) is 1.75. The molecular formula is C13H22N4O. The summed E-state index contributed by atoms with van der Waals surface area (Å²) >= 11 is 0. The molecule has 1 aromatic rings. The summed E-state index contributed by atoms with van der Waals surface area (Å²) in [5.74, 6) is 2.77. The highest BCUT2D eigenvalue weighted by molar-refractivity contribution is 5.34. The maximum absolute atomic E-state index is 5.11. The SMILES string of the molecule is COCCCn1ccnc1N1C[C@H]2CNC[C@H]2C1. The van der Waals surface area contributed by atoms with Crippen LogP contribution in [0.3, 0.4) is 0 Å². The van der Waals surface area contributed by atoms with Crippen LogP contribution in [0.2, 0.25) is 0 Å². The zero-order valence-corrected chi connectivity index (χ0v) is 11.0. The molecular weight excluding hydrogens is 228 g/mol. The molecule has 2 saturated heterocycles. The van der Waals surface area contributed by atoms with E-state index in [2.05, 4.69) is 26.0 Å². The van der Waals surface area contributed by atoms with Gasteiger partial charge in [-0.3, -0.25) is 0 Å². The highest BCUT2D eigenvalue weighted by Crippen LogP contribution is 2.29. The smallest absolute Gasteiger partial charge is 0.205 e. The second-order valence-electron chi connectivity index (χ2n) is 5.35. The van der Waals surface area contributed by atoms with E-state index in [1.165, 1.54) is 13.1 Å². The predicted octanol–water partition coefficient (Wildman–Crippen LogP) is 0.575. The summed E-state index contributed by atoms with van der Waals surface area (Å²) < 4.78 is 7.37. The van der Waals surface area contributed by atoms with Crippen molar-refractivity contribution in [3.63, 3.8) is 0 Å². The van der Waals surface area contributed by atoms with Gasteiger partial charge in [0.2, 0.25) is 5.95 Å². The lowest BCUT2D eigenvalue weighted by Crippen LogP contribution is -2.28. The first-order valence-electron chi connectivity index (χ1n) is 6.84. The first-order valence-corrected chi connectivity index (χ1v) is 6.84. The molecule has 0 spiro atoms. The Kier molecular flexibility index (Phi) is 3.52. The molecule has 0 aromatic carbocycles. The summed E-state index contributed by atoms with van der Waals surface area (Å²) in [5, 5.41) is 3.48. The van der Waals surface area contributed by atoms with E-state index in [-0.39, 0.29) is 0 Å². The number of hydrogen-bond donors (Lipinski definition) is 1. The van der Waals surface area contributed by atoms with Gasteiger partial charge in [-0.25, -0.2) is 4.98 Å². The second-order valence-corrected chi connectivity index (χ2v) is 5.35. The van der Waals surface area contributed by atoms with E-state index in [9.17, 15) is 0 Å². The fourth-order valence-corrected chi connectivity index (χ4v) is 3.16. The van der Waals surface area contributed by atoms with Gasteiger partial charge in [-0.2, -0.15) is 0 Å². The molecule has 0 bridgehead atoms. The Morgan fingerprint density at radius 3 is 2.89 bits per heavy atom. The molecule has 1 aromatic heterocycles. The van der Waals surface area contributed by atoms with Crippen LogP contribution in [0.25, 0.3) is 0 Å². The number of nitrogens with one attached hydrogen (secondary N) is 1. The number of rotatable bonds is 5. The van der Waals surface area contributed by atoms with Crippen molar-refractivity contribution in [2.24, 2.45) is 11.8 Å². The van der Waals surface area contributed by atoms with Gasteiger partial charge in [0.05, 0.1) is 0 Å². The Bertz CT molecular complexity index is 380. The number of aryl methyl sites for hydroxylation is 1. The Morgan fingerprint density at radius 2 is 2.17 bits per heavy atom. The van der Waals surface area contributed by atoms with E-state index in [0.29, 0.717) is 0 Å². The minimum absolute atomic E-state index is 0.812. The van der Waals surface area contributed by atoms with Crippen LogP contribution in [0, 0.1) is 11.8 Å². The zero-order valence-electron chi connectivity index (χ0n) is 11.0. The molecule has 100 valence electrons. The van der Waals surface area contributed by atoms with Crippen LogP contribution in [-0.4, -0.2) is 49.4 Å². The number of fused-ring (bicyclic) bond motifs is 1. The lowest BCUT2D eigenvalue weighted by Gasteiger charge is -2.20. The van der Waals surface area contributed by atoms with Gasteiger partial charge < -0.3 is 19.5 Å². The minimum Gasteiger partial charge on any atom is -0.385 e. The molecule has 0 amide bonds. The Morgan fingerprint density at radius 1 is 1.39 bits per heavy atom. The molecule has 18 heavy (non-hydrogen) atoms. The molecule has 5 heteroatoms. The molecule has 1 N–H and O–H groups in total. The first kappa shape index (κ1) is 12.0.